The molecule has 0 bridgehead atoms. The molecule has 0 aromatic carbocycles. The summed E-state index contributed by atoms with van der Waals surface area (Å²) in [5.41, 5.74) is 0. The smallest absolute Gasteiger partial charge is 0.332 e. The van der Waals surface area contributed by atoms with Crippen molar-refractivity contribution < 1.29 is 19.4 Å². The fraction of sp³-hybridized carbons (Fsp3) is 0.909. The number of methoxy groups -OCH3 is 1. The molecule has 0 spiro atoms. The fourth-order valence-electron chi connectivity index (χ4n) is 1.94. The van der Waals surface area contributed by atoms with Crippen molar-refractivity contribution in [2.75, 3.05) is 33.9 Å². The van der Waals surface area contributed by atoms with Crippen LogP contribution in [0, 0.1) is 0 Å². The van der Waals surface area contributed by atoms with E-state index in [1.54, 1.807) is 7.11 Å². The Hall–Kier alpha value is -0.650. The first kappa shape index (κ1) is 13.4. The Morgan fingerprint density at radius 3 is 2.88 bits per heavy atom. The van der Waals surface area contributed by atoms with Crippen LogP contribution in [0.25, 0.3) is 0 Å². The van der Waals surface area contributed by atoms with Gasteiger partial charge < -0.3 is 19.5 Å². The molecule has 1 N–H and O–H groups in total. The second-order valence-electron chi connectivity index (χ2n) is 4.27. The molecule has 1 heterocycles. The van der Waals surface area contributed by atoms with Gasteiger partial charge in [0.2, 0.25) is 0 Å². The predicted molar refractivity (Wildman–Crippen MR) is 59.5 cm³/mol. The normalized spacial score (nSPS) is 25.2. The van der Waals surface area contributed by atoms with Crippen LogP contribution in [-0.2, 0) is 14.3 Å². The summed E-state index contributed by atoms with van der Waals surface area (Å²) in [4.78, 5) is 12.8. The molecule has 94 valence electrons. The highest BCUT2D eigenvalue weighted by molar-refractivity contribution is 5.72. The van der Waals surface area contributed by atoms with E-state index in [9.17, 15) is 4.79 Å². The quantitative estimate of drug-likeness (QED) is 0.650. The van der Waals surface area contributed by atoms with Crippen LogP contribution in [0.3, 0.4) is 0 Å². The van der Waals surface area contributed by atoms with Gasteiger partial charge in [-0.25, -0.2) is 4.79 Å². The molecule has 1 saturated heterocycles. The molecule has 0 aromatic heterocycles. The minimum absolute atomic E-state index is 0.0636. The molecule has 0 radical (unpaired) electrons. The summed E-state index contributed by atoms with van der Waals surface area (Å²) in [6, 6.07) is 0. The summed E-state index contributed by atoms with van der Waals surface area (Å²) < 4.78 is 10.4. The number of hydrogen-bond acceptors (Lipinski definition) is 4. The number of carbonyl (C=O) groups is 1. The van der Waals surface area contributed by atoms with E-state index in [0.29, 0.717) is 6.42 Å². The summed E-state index contributed by atoms with van der Waals surface area (Å²) >= 11 is 0. The molecule has 0 saturated carbocycles. The van der Waals surface area contributed by atoms with Gasteiger partial charge in [0, 0.05) is 26.8 Å². The van der Waals surface area contributed by atoms with Crippen molar-refractivity contribution >= 4 is 5.97 Å². The topological polar surface area (TPSA) is 59.0 Å². The van der Waals surface area contributed by atoms with Crippen molar-refractivity contribution in [2.45, 2.75) is 31.5 Å². The maximum absolute atomic E-state index is 10.7. The van der Waals surface area contributed by atoms with Gasteiger partial charge in [0.25, 0.3) is 0 Å². The van der Waals surface area contributed by atoms with E-state index in [4.69, 9.17) is 14.6 Å². The molecular formula is C11H21NO4. The average Bonchev–Trinajstić information content (AvgIpc) is 2.66. The lowest BCUT2D eigenvalue weighted by molar-refractivity contribution is -0.149. The van der Waals surface area contributed by atoms with Crippen molar-refractivity contribution in [3.8, 4) is 0 Å². The molecular weight excluding hydrogens is 210 g/mol. The Kier molecular flexibility index (Phi) is 5.73. The molecule has 0 amide bonds. The lowest BCUT2D eigenvalue weighted by Crippen LogP contribution is -2.31. The van der Waals surface area contributed by atoms with E-state index in [2.05, 4.69) is 4.90 Å². The highest BCUT2D eigenvalue weighted by Crippen LogP contribution is 2.20. The third kappa shape index (κ3) is 4.47. The highest BCUT2D eigenvalue weighted by Gasteiger charge is 2.30. The fourth-order valence-corrected chi connectivity index (χ4v) is 1.94. The third-order valence-corrected chi connectivity index (χ3v) is 2.79. The van der Waals surface area contributed by atoms with Crippen LogP contribution in [-0.4, -0.2) is 62.0 Å². The number of ether oxygens (including phenoxy) is 2. The van der Waals surface area contributed by atoms with Crippen molar-refractivity contribution in [1.82, 2.24) is 4.90 Å². The predicted octanol–water partition coefficient (Wildman–Crippen LogP) is 0.587. The minimum Gasteiger partial charge on any atom is -0.479 e. The number of nitrogens with zero attached hydrogens (tertiary/aromatic N) is 1. The summed E-state index contributed by atoms with van der Waals surface area (Å²) in [6.07, 6.45) is 1.92. The van der Waals surface area contributed by atoms with E-state index in [1.807, 2.05) is 7.05 Å². The SMILES string of the molecule is COCCCN(C)CC1CCC(C(=O)O)O1. The van der Waals surface area contributed by atoms with Crippen LogP contribution in [0.15, 0.2) is 0 Å². The first-order chi connectivity index (χ1) is 7.63. The first-order valence-corrected chi connectivity index (χ1v) is 5.69. The molecule has 5 heteroatoms. The Balaban J connectivity index is 2.15. The zero-order chi connectivity index (χ0) is 12.0. The van der Waals surface area contributed by atoms with Crippen LogP contribution in [0.1, 0.15) is 19.3 Å². The number of rotatable bonds is 7. The van der Waals surface area contributed by atoms with Gasteiger partial charge in [0.05, 0.1) is 6.10 Å². The van der Waals surface area contributed by atoms with Gasteiger partial charge >= 0.3 is 5.97 Å². The molecule has 1 fully saturated rings. The van der Waals surface area contributed by atoms with Gasteiger partial charge in [0.15, 0.2) is 6.10 Å². The van der Waals surface area contributed by atoms with E-state index in [-0.39, 0.29) is 6.10 Å². The van der Waals surface area contributed by atoms with E-state index >= 15 is 0 Å². The largest absolute Gasteiger partial charge is 0.479 e. The number of likely N-dealkylation sites (N-methyl/N-ethyl adjacent to an activating group) is 1. The van der Waals surface area contributed by atoms with Crippen molar-refractivity contribution in [3.05, 3.63) is 0 Å². The van der Waals surface area contributed by atoms with Crippen LogP contribution >= 0.6 is 0 Å². The van der Waals surface area contributed by atoms with Crippen molar-refractivity contribution in [1.29, 1.82) is 0 Å². The number of aliphatic carboxylic acids is 1. The first-order valence-electron chi connectivity index (χ1n) is 5.69. The second-order valence-corrected chi connectivity index (χ2v) is 4.27. The molecule has 16 heavy (non-hydrogen) atoms. The maximum atomic E-state index is 10.7. The van der Waals surface area contributed by atoms with E-state index in [0.717, 1.165) is 32.5 Å². The van der Waals surface area contributed by atoms with Crippen molar-refractivity contribution in [3.63, 3.8) is 0 Å². The summed E-state index contributed by atoms with van der Waals surface area (Å²) in [6.45, 7) is 2.51. The van der Waals surface area contributed by atoms with Gasteiger partial charge in [0.1, 0.15) is 0 Å². The number of hydrogen-bond donors (Lipinski definition) is 1. The van der Waals surface area contributed by atoms with E-state index in [1.165, 1.54) is 0 Å². The lowest BCUT2D eigenvalue weighted by atomic mass is 10.2. The molecule has 0 aliphatic carbocycles. The number of carboxylic acids is 1. The van der Waals surface area contributed by atoms with Crippen LogP contribution < -0.4 is 0 Å². The number of carboxylic acid groups (broad SMARTS) is 1. The molecule has 2 unspecified atom stereocenters. The highest BCUT2D eigenvalue weighted by atomic mass is 16.5. The Labute approximate surface area is 96.3 Å². The average molecular weight is 231 g/mol. The van der Waals surface area contributed by atoms with Gasteiger partial charge in [-0.2, -0.15) is 0 Å². The van der Waals surface area contributed by atoms with Crippen LogP contribution in [0.2, 0.25) is 0 Å². The Morgan fingerprint density at radius 2 is 2.31 bits per heavy atom. The molecule has 1 aliphatic heterocycles. The third-order valence-electron chi connectivity index (χ3n) is 2.79. The van der Waals surface area contributed by atoms with Crippen LogP contribution in [0.4, 0.5) is 0 Å². The summed E-state index contributed by atoms with van der Waals surface area (Å²) in [7, 11) is 3.71. The lowest BCUT2D eigenvalue weighted by Gasteiger charge is -2.20. The van der Waals surface area contributed by atoms with Gasteiger partial charge in [-0.1, -0.05) is 0 Å². The van der Waals surface area contributed by atoms with Crippen LogP contribution in [0.5, 0.6) is 0 Å². The van der Waals surface area contributed by atoms with Gasteiger partial charge in [-0.15, -0.1) is 0 Å². The molecule has 5 nitrogen and oxygen atoms in total. The van der Waals surface area contributed by atoms with E-state index < -0.39 is 12.1 Å². The van der Waals surface area contributed by atoms with Gasteiger partial charge in [-0.05, 0) is 26.3 Å². The monoisotopic (exact) mass is 231 g/mol. The Bertz CT molecular complexity index is 222. The summed E-state index contributed by atoms with van der Waals surface area (Å²) in [5.74, 6) is -0.843. The standard InChI is InChI=1S/C11H21NO4/c1-12(6-3-7-15-2)8-9-4-5-10(16-9)11(13)14/h9-10H,3-8H2,1-2H3,(H,13,14). The Morgan fingerprint density at radius 1 is 1.56 bits per heavy atom. The van der Waals surface area contributed by atoms with Gasteiger partial charge in [-0.3, -0.25) is 0 Å². The minimum atomic E-state index is -0.843. The van der Waals surface area contributed by atoms with Crippen molar-refractivity contribution in [2.24, 2.45) is 0 Å². The zero-order valence-corrected chi connectivity index (χ0v) is 10.0. The molecule has 0 aromatic rings. The zero-order valence-electron chi connectivity index (χ0n) is 10.0. The molecule has 1 aliphatic rings. The second kappa shape index (κ2) is 6.83. The molecule has 1 rings (SSSR count). The molecule has 2 atom stereocenters. The maximum Gasteiger partial charge on any atom is 0.332 e. The summed E-state index contributed by atoms with van der Waals surface area (Å²) in [5, 5.41) is 8.78.